The number of hydrogen-bond donors (Lipinski definition) is 1. The molecule has 2 amide bonds. The number of ether oxygens (including phenoxy) is 1. The van der Waals surface area contributed by atoms with Crippen molar-refractivity contribution >= 4 is 23.8 Å². The fourth-order valence-corrected chi connectivity index (χ4v) is 3.92. The summed E-state index contributed by atoms with van der Waals surface area (Å²) in [5, 5.41) is 20.9. The maximum Gasteiger partial charge on any atom is 0.251 e. The van der Waals surface area contributed by atoms with E-state index in [2.05, 4.69) is 37.9 Å². The number of amides is 2. The number of carbonyl (C=O) groups excluding carboxylic acids is 4. The van der Waals surface area contributed by atoms with Crippen LogP contribution in [0.5, 0.6) is 5.75 Å². The van der Waals surface area contributed by atoms with Crippen molar-refractivity contribution in [3.63, 3.8) is 0 Å². The van der Waals surface area contributed by atoms with Crippen molar-refractivity contribution < 1.29 is 34.1 Å². The van der Waals surface area contributed by atoms with E-state index in [0.717, 1.165) is 56.9 Å². The summed E-state index contributed by atoms with van der Waals surface area (Å²) in [4.78, 5) is 48.1. The highest BCUT2D eigenvalue weighted by molar-refractivity contribution is 6.25. The van der Waals surface area contributed by atoms with Gasteiger partial charge in [-0.25, -0.2) is 0 Å². The topological polar surface area (TPSA) is 142 Å². The van der Waals surface area contributed by atoms with Crippen LogP contribution in [0.2, 0.25) is 0 Å². The monoisotopic (exact) mass is 555 g/mol. The summed E-state index contributed by atoms with van der Waals surface area (Å²) < 4.78 is 5.90. The molecule has 0 radical (unpaired) electrons. The van der Waals surface area contributed by atoms with E-state index in [1.807, 2.05) is 47.4 Å². The highest BCUT2D eigenvalue weighted by Crippen LogP contribution is 2.22. The molecule has 10 nitrogen and oxygen atoms in total. The normalized spacial score (nSPS) is 11.1. The van der Waals surface area contributed by atoms with Crippen molar-refractivity contribution in [3.8, 4) is 5.75 Å². The zero-order chi connectivity index (χ0) is 29.9. The van der Waals surface area contributed by atoms with Gasteiger partial charge in [0.1, 0.15) is 12.4 Å². The Kier molecular flexibility index (Phi) is 16.4. The number of rotatable bonds is 15. The molecule has 1 atom stereocenters. The molecule has 2 rings (SSSR count). The Morgan fingerprint density at radius 2 is 1.35 bits per heavy atom. The third-order valence-corrected chi connectivity index (χ3v) is 6.08. The van der Waals surface area contributed by atoms with Gasteiger partial charge in [-0.1, -0.05) is 58.0 Å². The summed E-state index contributed by atoms with van der Waals surface area (Å²) >= 11 is 0. The SMILES string of the molecule is CCCN(CCC)C(=O)CC(NC(=O)c1ccccc1)c1ccc(OCCN(CC)CC)cc1.O=C([O-])C(=O)[O-]. The maximum absolute atomic E-state index is 13.1. The molecule has 0 aliphatic rings. The first-order valence-corrected chi connectivity index (χ1v) is 13.7. The van der Waals surface area contributed by atoms with E-state index < -0.39 is 18.0 Å². The van der Waals surface area contributed by atoms with Gasteiger partial charge in [0.05, 0.1) is 24.4 Å². The van der Waals surface area contributed by atoms with Gasteiger partial charge in [0.2, 0.25) is 5.91 Å². The third kappa shape index (κ3) is 12.8. The van der Waals surface area contributed by atoms with E-state index in [0.29, 0.717) is 12.2 Å². The fourth-order valence-electron chi connectivity index (χ4n) is 3.92. The zero-order valence-corrected chi connectivity index (χ0v) is 23.9. The van der Waals surface area contributed by atoms with Gasteiger partial charge in [0.15, 0.2) is 0 Å². The lowest BCUT2D eigenvalue weighted by Gasteiger charge is -2.25. The summed E-state index contributed by atoms with van der Waals surface area (Å²) in [6.07, 6.45) is 2.04. The van der Waals surface area contributed by atoms with Crippen LogP contribution in [0.25, 0.3) is 0 Å². The number of hydrogen-bond acceptors (Lipinski definition) is 8. The molecule has 0 aliphatic carbocycles. The first-order valence-electron chi connectivity index (χ1n) is 13.7. The van der Waals surface area contributed by atoms with Gasteiger partial charge >= 0.3 is 0 Å². The summed E-state index contributed by atoms with van der Waals surface area (Å²) in [6, 6.07) is 16.4. The van der Waals surface area contributed by atoms with Crippen LogP contribution in [0.15, 0.2) is 54.6 Å². The van der Waals surface area contributed by atoms with E-state index in [1.165, 1.54) is 0 Å². The second-order valence-corrected chi connectivity index (χ2v) is 9.00. The van der Waals surface area contributed by atoms with E-state index >= 15 is 0 Å². The Balaban J connectivity index is 0.00000120. The Morgan fingerprint density at radius 1 is 0.800 bits per heavy atom. The molecule has 2 aromatic carbocycles. The van der Waals surface area contributed by atoms with Gasteiger partial charge in [-0.15, -0.1) is 0 Å². The van der Waals surface area contributed by atoms with Crippen LogP contribution in [0, 0.1) is 0 Å². The fraction of sp³-hybridized carbons (Fsp3) is 0.467. The second kappa shape index (κ2) is 19.2. The quantitative estimate of drug-likeness (QED) is 0.325. The summed E-state index contributed by atoms with van der Waals surface area (Å²) in [6.45, 7) is 13.4. The number of benzene rings is 2. The standard InChI is InChI=1S/C28H41N3O3.C2H2O4/c1-5-18-31(19-6-2)27(32)22-26(29-28(33)24-12-10-9-11-13-24)23-14-16-25(17-15-23)34-21-20-30(7-3)8-4;3-1(4)2(5)6/h9-17,26H,5-8,18-22H2,1-4H3,(H,29,33);(H,3,4)(H,5,6)/p-2. The van der Waals surface area contributed by atoms with Gasteiger partial charge in [0, 0.05) is 25.2 Å². The molecule has 0 saturated heterocycles. The number of likely N-dealkylation sites (N-methyl/N-ethyl adjacent to an activating group) is 1. The Bertz CT molecular complexity index is 1020. The van der Waals surface area contributed by atoms with E-state index in [9.17, 15) is 9.59 Å². The highest BCUT2D eigenvalue weighted by Gasteiger charge is 2.22. The average molecular weight is 556 g/mol. The minimum atomic E-state index is -2.19. The number of carboxylic acids is 2. The molecule has 10 heteroatoms. The molecule has 0 saturated carbocycles. The van der Waals surface area contributed by atoms with Gasteiger partial charge in [-0.2, -0.15) is 0 Å². The lowest BCUT2D eigenvalue weighted by atomic mass is 10.0. The molecule has 0 spiro atoms. The minimum absolute atomic E-state index is 0.0570. The predicted octanol–water partition coefficient (Wildman–Crippen LogP) is 1.40. The molecule has 0 aromatic heterocycles. The largest absolute Gasteiger partial charge is 0.543 e. The number of carbonyl (C=O) groups is 4. The van der Waals surface area contributed by atoms with Gasteiger partial charge < -0.3 is 39.7 Å². The maximum atomic E-state index is 13.1. The van der Waals surface area contributed by atoms with Gasteiger partial charge in [0.25, 0.3) is 5.91 Å². The third-order valence-electron chi connectivity index (χ3n) is 6.08. The van der Waals surface area contributed by atoms with E-state index in [1.54, 1.807) is 12.1 Å². The average Bonchev–Trinajstić information content (AvgIpc) is 2.96. The molecular weight excluding hydrogens is 514 g/mol. The van der Waals surface area contributed by atoms with Crippen LogP contribution in [-0.2, 0) is 14.4 Å². The number of aliphatic carboxylic acids is 2. The molecule has 1 unspecified atom stereocenters. The van der Waals surface area contributed by atoms with Crippen molar-refractivity contribution in [2.45, 2.75) is 53.0 Å². The summed E-state index contributed by atoms with van der Waals surface area (Å²) in [5.41, 5.74) is 1.47. The van der Waals surface area contributed by atoms with Crippen molar-refractivity contribution in [1.82, 2.24) is 15.1 Å². The van der Waals surface area contributed by atoms with Crippen LogP contribution in [0.4, 0.5) is 0 Å². The van der Waals surface area contributed by atoms with Crippen molar-refractivity contribution in [2.24, 2.45) is 0 Å². The van der Waals surface area contributed by atoms with Gasteiger partial charge in [-0.3, -0.25) is 9.59 Å². The lowest BCUT2D eigenvalue weighted by molar-refractivity contribution is -0.345. The molecule has 0 aliphatic heterocycles. The van der Waals surface area contributed by atoms with Crippen LogP contribution >= 0.6 is 0 Å². The highest BCUT2D eigenvalue weighted by atomic mass is 16.5. The second-order valence-electron chi connectivity index (χ2n) is 9.00. The Hall–Kier alpha value is -3.92. The minimum Gasteiger partial charge on any atom is -0.543 e. The molecular formula is C30H41N3O7-2. The predicted molar refractivity (Wildman–Crippen MR) is 148 cm³/mol. The first kappa shape index (κ1) is 34.1. The number of carboxylic acid groups (broad SMARTS) is 2. The summed E-state index contributed by atoms with van der Waals surface area (Å²) in [5.74, 6) is -3.71. The molecule has 0 heterocycles. The summed E-state index contributed by atoms with van der Waals surface area (Å²) in [7, 11) is 0. The Labute approximate surface area is 236 Å². The molecule has 1 N–H and O–H groups in total. The molecule has 220 valence electrons. The number of nitrogens with zero attached hydrogens (tertiary/aromatic N) is 2. The Morgan fingerprint density at radius 3 is 1.82 bits per heavy atom. The van der Waals surface area contributed by atoms with Crippen LogP contribution in [-0.4, -0.2) is 72.9 Å². The molecule has 0 bridgehead atoms. The van der Waals surface area contributed by atoms with Crippen molar-refractivity contribution in [2.75, 3.05) is 39.3 Å². The van der Waals surface area contributed by atoms with Crippen molar-refractivity contribution in [1.29, 1.82) is 0 Å². The molecule has 2 aromatic rings. The van der Waals surface area contributed by atoms with Crippen LogP contribution in [0.3, 0.4) is 0 Å². The van der Waals surface area contributed by atoms with E-state index in [4.69, 9.17) is 24.5 Å². The van der Waals surface area contributed by atoms with Crippen LogP contribution in [0.1, 0.15) is 68.9 Å². The van der Waals surface area contributed by atoms with Crippen molar-refractivity contribution in [3.05, 3.63) is 65.7 Å². The van der Waals surface area contributed by atoms with Gasteiger partial charge in [-0.05, 0) is 55.8 Å². The smallest absolute Gasteiger partial charge is 0.251 e. The molecule has 40 heavy (non-hydrogen) atoms. The zero-order valence-electron chi connectivity index (χ0n) is 23.9. The van der Waals surface area contributed by atoms with Crippen LogP contribution < -0.4 is 20.3 Å². The lowest BCUT2D eigenvalue weighted by Crippen LogP contribution is -2.42. The molecule has 0 fully saturated rings. The van der Waals surface area contributed by atoms with E-state index in [-0.39, 0.29) is 18.2 Å². The first-order chi connectivity index (χ1) is 19.2. The number of nitrogens with one attached hydrogen (secondary N) is 1.